The number of aliphatic imine (C=N–C) groups is 1. The van der Waals surface area contributed by atoms with Crippen molar-refractivity contribution < 1.29 is 4.74 Å². The molecule has 6 nitrogen and oxygen atoms in total. The molecule has 152 valence electrons. The molecule has 2 aliphatic heterocycles. The van der Waals surface area contributed by atoms with Crippen LogP contribution in [0.25, 0.3) is 10.2 Å². The SMILES string of the molecule is CCOc1nc(N2CCNCC2)c2sc3c(c2n1)C(C)(C)CC(c1cccs1)=N3. The van der Waals surface area contributed by atoms with Gasteiger partial charge >= 0.3 is 6.01 Å². The summed E-state index contributed by atoms with van der Waals surface area (Å²) in [5.41, 5.74) is 3.37. The Bertz CT molecular complexity index is 1060. The van der Waals surface area contributed by atoms with Crippen molar-refractivity contribution in [3.8, 4) is 6.01 Å². The van der Waals surface area contributed by atoms with E-state index in [4.69, 9.17) is 19.7 Å². The second-order valence-corrected chi connectivity index (χ2v) is 10.0. The first-order valence-corrected chi connectivity index (χ1v) is 11.8. The minimum Gasteiger partial charge on any atom is -0.464 e. The first-order chi connectivity index (χ1) is 14.1. The zero-order valence-electron chi connectivity index (χ0n) is 17.0. The molecule has 0 bridgehead atoms. The van der Waals surface area contributed by atoms with Gasteiger partial charge in [-0.2, -0.15) is 9.97 Å². The molecular formula is C21H25N5OS2. The topological polar surface area (TPSA) is 62.6 Å². The Kier molecular flexibility index (Phi) is 4.80. The third kappa shape index (κ3) is 3.33. The number of anilines is 1. The summed E-state index contributed by atoms with van der Waals surface area (Å²) in [6.07, 6.45) is 0.906. The molecule has 2 aliphatic rings. The predicted molar refractivity (Wildman–Crippen MR) is 122 cm³/mol. The lowest BCUT2D eigenvalue weighted by Crippen LogP contribution is -2.44. The largest absolute Gasteiger partial charge is 0.464 e. The highest BCUT2D eigenvalue weighted by Crippen LogP contribution is 2.51. The molecule has 3 aromatic rings. The normalized spacial score (nSPS) is 18.6. The van der Waals surface area contributed by atoms with E-state index in [0.717, 1.165) is 53.6 Å². The van der Waals surface area contributed by atoms with Crippen molar-refractivity contribution in [2.75, 3.05) is 37.7 Å². The van der Waals surface area contributed by atoms with Gasteiger partial charge in [0.1, 0.15) is 5.00 Å². The van der Waals surface area contributed by atoms with Crippen molar-refractivity contribution in [2.45, 2.75) is 32.6 Å². The fourth-order valence-corrected chi connectivity index (χ4v) is 6.21. The molecule has 29 heavy (non-hydrogen) atoms. The zero-order valence-corrected chi connectivity index (χ0v) is 18.6. The Morgan fingerprint density at radius 2 is 2.07 bits per heavy atom. The first kappa shape index (κ1) is 19.0. The van der Waals surface area contributed by atoms with E-state index in [-0.39, 0.29) is 5.41 Å². The monoisotopic (exact) mass is 427 g/mol. The lowest BCUT2D eigenvalue weighted by Gasteiger charge is -2.30. The summed E-state index contributed by atoms with van der Waals surface area (Å²) in [7, 11) is 0. The number of piperazine rings is 1. The molecule has 0 aliphatic carbocycles. The van der Waals surface area contributed by atoms with E-state index in [1.807, 2.05) is 6.92 Å². The molecule has 0 saturated carbocycles. The first-order valence-electron chi connectivity index (χ1n) is 10.1. The third-order valence-electron chi connectivity index (χ3n) is 5.49. The van der Waals surface area contributed by atoms with Crippen molar-refractivity contribution in [3.63, 3.8) is 0 Å². The van der Waals surface area contributed by atoms with Gasteiger partial charge < -0.3 is 15.0 Å². The molecule has 1 N–H and O–H groups in total. The number of nitrogens with zero attached hydrogens (tertiary/aromatic N) is 4. The molecule has 8 heteroatoms. The Morgan fingerprint density at radius 1 is 1.24 bits per heavy atom. The van der Waals surface area contributed by atoms with Gasteiger partial charge in [0, 0.05) is 48.5 Å². The van der Waals surface area contributed by atoms with Crippen LogP contribution in [-0.2, 0) is 5.41 Å². The Labute approximate surface area is 178 Å². The summed E-state index contributed by atoms with van der Waals surface area (Å²) < 4.78 is 6.89. The molecule has 0 radical (unpaired) electrons. The highest BCUT2D eigenvalue weighted by Gasteiger charge is 2.36. The molecule has 0 aromatic carbocycles. The van der Waals surface area contributed by atoms with Crippen LogP contribution in [0.1, 0.15) is 37.6 Å². The van der Waals surface area contributed by atoms with E-state index in [1.165, 1.54) is 16.2 Å². The van der Waals surface area contributed by atoms with Gasteiger partial charge in [0.15, 0.2) is 5.82 Å². The van der Waals surface area contributed by atoms with Crippen molar-refractivity contribution in [3.05, 3.63) is 28.0 Å². The number of thiophene rings is 2. The number of hydrogen-bond donors (Lipinski definition) is 1. The second kappa shape index (κ2) is 7.34. The minimum absolute atomic E-state index is 0.0484. The quantitative estimate of drug-likeness (QED) is 0.670. The number of ether oxygens (including phenoxy) is 1. The van der Waals surface area contributed by atoms with Gasteiger partial charge in [0.2, 0.25) is 0 Å². The summed E-state index contributed by atoms with van der Waals surface area (Å²) in [4.78, 5) is 18.3. The van der Waals surface area contributed by atoms with Crippen LogP contribution in [0.4, 0.5) is 10.8 Å². The fraction of sp³-hybridized carbons (Fsp3) is 0.476. The van der Waals surface area contributed by atoms with E-state index < -0.39 is 0 Å². The van der Waals surface area contributed by atoms with Crippen LogP contribution in [-0.4, -0.2) is 48.5 Å². The fourth-order valence-electron chi connectivity index (χ4n) is 4.16. The van der Waals surface area contributed by atoms with Crippen molar-refractivity contribution in [1.82, 2.24) is 15.3 Å². The molecule has 1 fully saturated rings. The number of aromatic nitrogens is 2. The highest BCUT2D eigenvalue weighted by molar-refractivity contribution is 7.23. The smallest absolute Gasteiger partial charge is 0.319 e. The van der Waals surface area contributed by atoms with Gasteiger partial charge in [0.25, 0.3) is 0 Å². The van der Waals surface area contributed by atoms with Crippen molar-refractivity contribution in [2.24, 2.45) is 4.99 Å². The van der Waals surface area contributed by atoms with E-state index in [1.54, 1.807) is 22.7 Å². The highest BCUT2D eigenvalue weighted by atomic mass is 32.1. The molecule has 0 atom stereocenters. The van der Waals surface area contributed by atoms with Gasteiger partial charge in [-0.25, -0.2) is 4.99 Å². The lowest BCUT2D eigenvalue weighted by molar-refractivity contribution is 0.314. The predicted octanol–water partition coefficient (Wildman–Crippen LogP) is 4.36. The zero-order chi connectivity index (χ0) is 20.0. The average Bonchev–Trinajstić information content (AvgIpc) is 3.36. The molecule has 0 spiro atoms. The van der Waals surface area contributed by atoms with Crippen LogP contribution in [0.15, 0.2) is 22.5 Å². The van der Waals surface area contributed by atoms with Crippen LogP contribution in [0, 0.1) is 0 Å². The van der Waals surface area contributed by atoms with Crippen LogP contribution < -0.4 is 15.0 Å². The molecule has 5 rings (SSSR count). The number of rotatable bonds is 4. The van der Waals surface area contributed by atoms with E-state index in [9.17, 15) is 0 Å². The molecule has 0 amide bonds. The summed E-state index contributed by atoms with van der Waals surface area (Å²) >= 11 is 3.48. The number of nitrogens with one attached hydrogen (secondary N) is 1. The Hall–Kier alpha value is -2.03. The second-order valence-electron chi connectivity index (χ2n) is 8.06. The number of fused-ring (bicyclic) bond motifs is 3. The maximum Gasteiger partial charge on any atom is 0.319 e. The lowest BCUT2D eigenvalue weighted by atomic mass is 9.78. The van der Waals surface area contributed by atoms with Gasteiger partial charge in [0.05, 0.1) is 22.5 Å². The van der Waals surface area contributed by atoms with Crippen LogP contribution >= 0.6 is 22.7 Å². The summed E-state index contributed by atoms with van der Waals surface area (Å²) in [5.74, 6) is 0.989. The number of hydrogen-bond acceptors (Lipinski definition) is 8. The Balaban J connectivity index is 1.72. The minimum atomic E-state index is -0.0484. The van der Waals surface area contributed by atoms with Gasteiger partial charge in [-0.15, -0.1) is 22.7 Å². The molecular weight excluding hydrogens is 402 g/mol. The summed E-state index contributed by atoms with van der Waals surface area (Å²) in [6.45, 7) is 10.9. The average molecular weight is 428 g/mol. The van der Waals surface area contributed by atoms with Gasteiger partial charge in [-0.3, -0.25) is 0 Å². The van der Waals surface area contributed by atoms with Crippen molar-refractivity contribution >= 4 is 49.4 Å². The van der Waals surface area contributed by atoms with E-state index in [0.29, 0.717) is 12.6 Å². The molecule has 0 unspecified atom stereocenters. The van der Waals surface area contributed by atoms with Crippen LogP contribution in [0.5, 0.6) is 6.01 Å². The van der Waals surface area contributed by atoms with E-state index in [2.05, 4.69) is 41.6 Å². The molecule has 3 aromatic heterocycles. The molecule has 5 heterocycles. The standard InChI is InChI=1S/C21H25N5OS2/c1-4-27-20-24-16-15-19(23-13(12-21(15,2)3)14-6-5-11-28-14)29-17(16)18(25-20)26-9-7-22-8-10-26/h5-6,11,22H,4,7-10,12H2,1-3H3. The third-order valence-corrected chi connectivity index (χ3v) is 7.48. The molecule has 1 saturated heterocycles. The van der Waals surface area contributed by atoms with Crippen LogP contribution in [0.3, 0.4) is 0 Å². The van der Waals surface area contributed by atoms with Crippen molar-refractivity contribution in [1.29, 1.82) is 0 Å². The maximum absolute atomic E-state index is 5.76. The van der Waals surface area contributed by atoms with Crippen LogP contribution in [0.2, 0.25) is 0 Å². The Morgan fingerprint density at radius 3 is 2.79 bits per heavy atom. The summed E-state index contributed by atoms with van der Waals surface area (Å²) in [5, 5.41) is 6.61. The van der Waals surface area contributed by atoms with E-state index >= 15 is 0 Å². The van der Waals surface area contributed by atoms with Gasteiger partial charge in [-0.05, 0) is 18.4 Å². The summed E-state index contributed by atoms with van der Waals surface area (Å²) in [6, 6.07) is 4.73. The maximum atomic E-state index is 5.76. The van der Waals surface area contributed by atoms with Gasteiger partial charge in [-0.1, -0.05) is 19.9 Å².